The monoisotopic (exact) mass is 459 g/mol. The first-order chi connectivity index (χ1) is 15.7. The Hall–Kier alpha value is -2.15. The van der Waals surface area contributed by atoms with Gasteiger partial charge in [-0.05, 0) is 68.7 Å². The van der Waals surface area contributed by atoms with E-state index in [1.165, 1.54) is 19.0 Å². The molecule has 2 aromatic rings. The Bertz CT molecular complexity index is 1030. The predicted octanol–water partition coefficient (Wildman–Crippen LogP) is 5.47. The largest absolute Gasteiger partial charge is 0.418 e. The zero-order valence-electron chi connectivity index (χ0n) is 19.3. The number of piperidine rings is 2. The van der Waals surface area contributed by atoms with Crippen molar-refractivity contribution in [3.63, 3.8) is 0 Å². The van der Waals surface area contributed by atoms with E-state index < -0.39 is 11.7 Å². The second-order valence-electron chi connectivity index (χ2n) is 10.5. The first-order valence-corrected chi connectivity index (χ1v) is 12.1. The summed E-state index contributed by atoms with van der Waals surface area (Å²) in [6.45, 7) is 3.43. The molecule has 7 heteroatoms. The average molecular weight is 460 g/mol. The maximum absolute atomic E-state index is 13.5. The fourth-order valence-electron chi connectivity index (χ4n) is 6.63. The number of hydrogen-bond acceptors (Lipinski definition) is 3. The van der Waals surface area contributed by atoms with Crippen LogP contribution in [0, 0.1) is 11.8 Å². The predicted molar refractivity (Wildman–Crippen MR) is 122 cm³/mol. The number of benzene rings is 1. The Morgan fingerprint density at radius 3 is 2.52 bits per heavy atom. The average Bonchev–Trinajstić information content (AvgIpc) is 2.97. The minimum Gasteiger partial charge on any atom is -0.342 e. The maximum atomic E-state index is 13.5. The van der Waals surface area contributed by atoms with E-state index in [0.717, 1.165) is 37.4 Å². The lowest BCUT2D eigenvalue weighted by Crippen LogP contribution is -2.45. The van der Waals surface area contributed by atoms with E-state index >= 15 is 0 Å². The molecule has 33 heavy (non-hydrogen) atoms. The maximum Gasteiger partial charge on any atom is 0.418 e. The molecule has 3 aliphatic rings. The van der Waals surface area contributed by atoms with E-state index in [2.05, 4.69) is 23.9 Å². The number of fused-ring (bicyclic) bond motifs is 3. The van der Waals surface area contributed by atoms with E-state index in [-0.39, 0.29) is 17.3 Å². The smallest absolute Gasteiger partial charge is 0.342 e. The number of rotatable bonds is 3. The molecule has 3 fully saturated rings. The van der Waals surface area contributed by atoms with Crippen LogP contribution >= 0.6 is 0 Å². The highest BCUT2D eigenvalue weighted by Gasteiger charge is 2.40. The van der Waals surface area contributed by atoms with Gasteiger partial charge >= 0.3 is 6.18 Å². The van der Waals surface area contributed by atoms with Crippen LogP contribution in [0.2, 0.25) is 0 Å². The van der Waals surface area contributed by atoms with Crippen LogP contribution in [0.5, 0.6) is 0 Å². The minimum absolute atomic E-state index is 0.000374. The third kappa shape index (κ3) is 4.36. The molecule has 0 saturated carbocycles. The Morgan fingerprint density at radius 1 is 1.09 bits per heavy atom. The molecule has 1 aromatic heterocycles. The normalized spacial score (nSPS) is 30.7. The molecule has 1 aromatic carbocycles. The van der Waals surface area contributed by atoms with Gasteiger partial charge in [-0.2, -0.15) is 13.2 Å². The standard InChI is InChI=1S/C26H32F3N3O/c1-16-10-18(21-7-8-23(26(27,28)29)25-22(21)4-3-9-30-25)15-32(14-16)24(33)13-17-11-19-5-6-20(12-17)31(19)2/h3-4,7-9,16-20H,5-6,10-15H2,1-2H3. The summed E-state index contributed by atoms with van der Waals surface area (Å²) in [5, 5.41) is 0.547. The number of hydrogen-bond donors (Lipinski definition) is 0. The molecular formula is C26H32F3N3O. The quantitative estimate of drug-likeness (QED) is 0.611. The van der Waals surface area contributed by atoms with Crippen LogP contribution < -0.4 is 0 Å². The van der Waals surface area contributed by atoms with Crippen molar-refractivity contribution in [2.75, 3.05) is 20.1 Å². The highest BCUT2D eigenvalue weighted by Crippen LogP contribution is 2.41. The Kier molecular flexibility index (Phi) is 5.88. The summed E-state index contributed by atoms with van der Waals surface area (Å²) in [5.41, 5.74) is 0.170. The van der Waals surface area contributed by atoms with Crippen molar-refractivity contribution in [3.8, 4) is 0 Å². The summed E-state index contributed by atoms with van der Waals surface area (Å²) < 4.78 is 40.6. The summed E-state index contributed by atoms with van der Waals surface area (Å²) in [6, 6.07) is 7.40. The van der Waals surface area contributed by atoms with Crippen molar-refractivity contribution < 1.29 is 18.0 Å². The lowest BCUT2D eigenvalue weighted by atomic mass is 9.82. The number of pyridine rings is 1. The summed E-state index contributed by atoms with van der Waals surface area (Å²) in [7, 11) is 2.21. The van der Waals surface area contributed by atoms with E-state index in [0.29, 0.717) is 42.3 Å². The van der Waals surface area contributed by atoms with Gasteiger partial charge in [0.2, 0.25) is 5.91 Å². The topological polar surface area (TPSA) is 36.4 Å². The SMILES string of the molecule is CC1CC(c2ccc(C(F)(F)F)c3ncccc23)CN(C(=O)CC2CC3CCC(C2)N3C)C1. The van der Waals surface area contributed by atoms with Crippen LogP contribution in [0.25, 0.3) is 10.9 Å². The van der Waals surface area contributed by atoms with Gasteiger partial charge in [0.05, 0.1) is 11.1 Å². The molecule has 3 aliphatic heterocycles. The number of nitrogens with zero attached hydrogens (tertiary/aromatic N) is 3. The fraction of sp³-hybridized carbons (Fsp3) is 0.615. The van der Waals surface area contributed by atoms with Gasteiger partial charge in [-0.1, -0.05) is 19.1 Å². The minimum atomic E-state index is -4.44. The van der Waals surface area contributed by atoms with Gasteiger partial charge in [-0.3, -0.25) is 9.78 Å². The van der Waals surface area contributed by atoms with Crippen molar-refractivity contribution in [1.29, 1.82) is 0 Å². The molecule has 5 rings (SSSR count). The molecule has 4 nitrogen and oxygen atoms in total. The molecule has 4 atom stereocenters. The second-order valence-corrected chi connectivity index (χ2v) is 10.5. The van der Waals surface area contributed by atoms with Crippen LogP contribution in [0.4, 0.5) is 13.2 Å². The number of alkyl halides is 3. The number of carbonyl (C=O) groups is 1. The van der Waals surface area contributed by atoms with Crippen LogP contribution in [-0.2, 0) is 11.0 Å². The number of carbonyl (C=O) groups excluding carboxylic acids is 1. The van der Waals surface area contributed by atoms with E-state index in [1.807, 2.05) is 4.90 Å². The zero-order chi connectivity index (χ0) is 23.3. The molecule has 2 bridgehead atoms. The van der Waals surface area contributed by atoms with Crippen LogP contribution in [0.15, 0.2) is 30.5 Å². The van der Waals surface area contributed by atoms with Gasteiger partial charge in [0, 0.05) is 49.1 Å². The Balaban J connectivity index is 1.35. The molecule has 4 unspecified atom stereocenters. The number of amides is 1. The van der Waals surface area contributed by atoms with Crippen molar-refractivity contribution >= 4 is 16.8 Å². The lowest BCUT2D eigenvalue weighted by molar-refractivity contribution is -0.136. The fourth-order valence-corrected chi connectivity index (χ4v) is 6.63. The summed E-state index contributed by atoms with van der Waals surface area (Å²) >= 11 is 0. The number of aromatic nitrogens is 1. The molecule has 4 heterocycles. The molecule has 0 aliphatic carbocycles. The number of likely N-dealkylation sites (tertiary alicyclic amines) is 1. The van der Waals surface area contributed by atoms with Crippen LogP contribution in [0.3, 0.4) is 0 Å². The molecular weight excluding hydrogens is 427 g/mol. The Labute approximate surface area is 193 Å². The van der Waals surface area contributed by atoms with E-state index in [1.54, 1.807) is 18.2 Å². The molecule has 3 saturated heterocycles. The third-order valence-electron chi connectivity index (χ3n) is 8.22. The summed E-state index contributed by atoms with van der Waals surface area (Å²) in [6.07, 6.45) is 3.10. The molecule has 0 spiro atoms. The molecule has 1 amide bonds. The van der Waals surface area contributed by atoms with Crippen LogP contribution in [-0.4, -0.2) is 52.9 Å². The lowest BCUT2D eigenvalue weighted by Gasteiger charge is -2.40. The molecule has 0 N–H and O–H groups in total. The third-order valence-corrected chi connectivity index (χ3v) is 8.22. The highest BCUT2D eigenvalue weighted by molar-refractivity contribution is 5.86. The van der Waals surface area contributed by atoms with Crippen molar-refractivity contribution in [2.24, 2.45) is 11.8 Å². The molecule has 178 valence electrons. The highest BCUT2D eigenvalue weighted by atomic mass is 19.4. The van der Waals surface area contributed by atoms with Gasteiger partial charge in [0.25, 0.3) is 0 Å². The van der Waals surface area contributed by atoms with Crippen LogP contribution in [0.1, 0.15) is 62.5 Å². The van der Waals surface area contributed by atoms with Crippen molar-refractivity contribution in [2.45, 2.75) is 69.6 Å². The van der Waals surface area contributed by atoms with E-state index in [9.17, 15) is 18.0 Å². The first kappa shape index (κ1) is 22.6. The zero-order valence-corrected chi connectivity index (χ0v) is 19.3. The number of halogens is 3. The van der Waals surface area contributed by atoms with Gasteiger partial charge in [-0.15, -0.1) is 0 Å². The van der Waals surface area contributed by atoms with Gasteiger partial charge < -0.3 is 9.80 Å². The second kappa shape index (κ2) is 8.57. The molecule has 0 radical (unpaired) electrons. The van der Waals surface area contributed by atoms with Gasteiger partial charge in [0.15, 0.2) is 0 Å². The summed E-state index contributed by atoms with van der Waals surface area (Å²) in [5.74, 6) is 0.962. The van der Waals surface area contributed by atoms with Crippen molar-refractivity contribution in [3.05, 3.63) is 41.6 Å². The Morgan fingerprint density at radius 2 is 1.82 bits per heavy atom. The first-order valence-electron chi connectivity index (χ1n) is 12.1. The van der Waals surface area contributed by atoms with Gasteiger partial charge in [0.1, 0.15) is 0 Å². The van der Waals surface area contributed by atoms with Crippen molar-refractivity contribution in [1.82, 2.24) is 14.8 Å². The summed E-state index contributed by atoms with van der Waals surface area (Å²) in [4.78, 5) is 21.8. The van der Waals surface area contributed by atoms with E-state index in [4.69, 9.17) is 0 Å². The van der Waals surface area contributed by atoms with Gasteiger partial charge in [-0.25, -0.2) is 0 Å².